The summed E-state index contributed by atoms with van der Waals surface area (Å²) in [7, 11) is 0. The predicted molar refractivity (Wildman–Crippen MR) is 103 cm³/mol. The fourth-order valence-electron chi connectivity index (χ4n) is 4.57. The lowest BCUT2D eigenvalue weighted by Crippen LogP contribution is -2.29. The molecule has 2 saturated heterocycles. The molecule has 3 aliphatic rings. The lowest BCUT2D eigenvalue weighted by molar-refractivity contribution is 0.381. The first-order valence-corrected chi connectivity index (χ1v) is 9.42. The number of furan rings is 2. The van der Waals surface area contributed by atoms with E-state index in [1.165, 1.54) is 12.8 Å². The second kappa shape index (κ2) is 5.00. The van der Waals surface area contributed by atoms with Gasteiger partial charge < -0.3 is 14.6 Å². The first-order valence-electron chi connectivity index (χ1n) is 9.42. The molecular formula is C19H16N8O. The van der Waals surface area contributed by atoms with Crippen molar-refractivity contribution in [1.82, 2.24) is 29.8 Å². The van der Waals surface area contributed by atoms with Crippen LogP contribution in [0.4, 0.5) is 17.3 Å². The van der Waals surface area contributed by atoms with Gasteiger partial charge in [0.1, 0.15) is 23.3 Å². The van der Waals surface area contributed by atoms with E-state index in [9.17, 15) is 0 Å². The van der Waals surface area contributed by atoms with Gasteiger partial charge in [-0.1, -0.05) is 0 Å². The Morgan fingerprint density at radius 2 is 2.21 bits per heavy atom. The second-order valence-electron chi connectivity index (χ2n) is 7.66. The van der Waals surface area contributed by atoms with E-state index in [4.69, 9.17) is 14.4 Å². The van der Waals surface area contributed by atoms with Crippen LogP contribution >= 0.6 is 0 Å². The van der Waals surface area contributed by atoms with Crippen LogP contribution < -0.4 is 10.2 Å². The number of benzene rings is 1. The zero-order valence-corrected chi connectivity index (χ0v) is 14.8. The smallest absolute Gasteiger partial charge is 0.247 e. The number of nitrogens with zero attached hydrogens (tertiary/aromatic N) is 6. The summed E-state index contributed by atoms with van der Waals surface area (Å²) in [5.41, 5.74) is 6.20. The van der Waals surface area contributed by atoms with Crippen LogP contribution in [-0.2, 0) is 0 Å². The minimum Gasteiger partial charge on any atom is -0.455 e. The molecular weight excluding hydrogens is 356 g/mol. The van der Waals surface area contributed by atoms with Crippen molar-refractivity contribution in [3.8, 4) is 11.3 Å². The number of rotatable bonds is 4. The highest BCUT2D eigenvalue weighted by Crippen LogP contribution is 2.46. The topological polar surface area (TPSA) is 100 Å². The lowest BCUT2D eigenvalue weighted by Gasteiger charge is -2.28. The number of H-pyrrole nitrogens is 1. The summed E-state index contributed by atoms with van der Waals surface area (Å²) in [6, 6.07) is 6.40. The van der Waals surface area contributed by atoms with Gasteiger partial charge in [-0.3, -0.25) is 5.10 Å². The monoisotopic (exact) mass is 372 g/mol. The highest BCUT2D eigenvalue weighted by atomic mass is 16.3. The van der Waals surface area contributed by atoms with Gasteiger partial charge in [-0.15, -0.1) is 5.10 Å². The van der Waals surface area contributed by atoms with Crippen molar-refractivity contribution in [2.45, 2.75) is 18.9 Å². The number of fused-ring (bicyclic) bond motifs is 4. The van der Waals surface area contributed by atoms with Crippen LogP contribution in [0.15, 0.2) is 41.3 Å². The molecule has 5 aromatic rings. The highest BCUT2D eigenvalue weighted by Gasteiger charge is 2.44. The summed E-state index contributed by atoms with van der Waals surface area (Å²) >= 11 is 0. The van der Waals surface area contributed by atoms with E-state index in [1.54, 1.807) is 17.0 Å². The average molecular weight is 372 g/mol. The first-order chi connectivity index (χ1) is 13.8. The predicted octanol–water partition coefficient (Wildman–Crippen LogP) is 3.04. The maximum Gasteiger partial charge on any atom is 0.247 e. The largest absolute Gasteiger partial charge is 0.455 e. The molecule has 3 fully saturated rings. The Morgan fingerprint density at radius 1 is 1.25 bits per heavy atom. The van der Waals surface area contributed by atoms with Crippen LogP contribution in [0, 0.1) is 5.92 Å². The van der Waals surface area contributed by atoms with Crippen LogP contribution in [0.25, 0.3) is 28.1 Å². The number of anilines is 3. The molecule has 138 valence electrons. The van der Waals surface area contributed by atoms with Crippen molar-refractivity contribution in [1.29, 1.82) is 0 Å². The van der Waals surface area contributed by atoms with Crippen molar-refractivity contribution in [2.24, 2.45) is 5.92 Å². The Kier molecular flexibility index (Phi) is 2.58. The van der Waals surface area contributed by atoms with Crippen LogP contribution in [0.1, 0.15) is 12.8 Å². The fraction of sp³-hybridized carbons (Fsp3) is 0.263. The van der Waals surface area contributed by atoms with E-state index < -0.39 is 0 Å². The highest BCUT2D eigenvalue weighted by molar-refractivity contribution is 5.87. The molecule has 28 heavy (non-hydrogen) atoms. The van der Waals surface area contributed by atoms with Crippen molar-refractivity contribution < 1.29 is 4.42 Å². The van der Waals surface area contributed by atoms with E-state index >= 15 is 0 Å². The molecule has 4 bridgehead atoms. The Morgan fingerprint density at radius 3 is 2.93 bits per heavy atom. The molecule has 2 aliphatic heterocycles. The maximum atomic E-state index is 5.60. The van der Waals surface area contributed by atoms with Gasteiger partial charge in [0, 0.05) is 30.4 Å². The molecule has 1 saturated carbocycles. The van der Waals surface area contributed by atoms with E-state index in [0.717, 1.165) is 51.9 Å². The Bertz CT molecular complexity index is 1300. The Balaban J connectivity index is 1.38. The summed E-state index contributed by atoms with van der Waals surface area (Å²) < 4.78 is 7.35. The van der Waals surface area contributed by atoms with E-state index in [0.29, 0.717) is 12.0 Å². The molecule has 9 nitrogen and oxygen atoms in total. The lowest BCUT2D eigenvalue weighted by atomic mass is 9.86. The second-order valence-corrected chi connectivity index (χ2v) is 7.66. The first kappa shape index (κ1) is 14.4. The average Bonchev–Trinajstić information content (AvgIpc) is 3.50. The van der Waals surface area contributed by atoms with Crippen LogP contribution in [-0.4, -0.2) is 42.4 Å². The number of nitrogens with one attached hydrogen (secondary N) is 2. The molecule has 9 heteroatoms. The zero-order valence-electron chi connectivity index (χ0n) is 14.8. The SMILES string of the molecule is c1n[nH]cc1-c1ncn2nc(Nc3cc4ccc3o4)nc2c1N1CC2CC1C2. The van der Waals surface area contributed by atoms with Crippen molar-refractivity contribution in [3.63, 3.8) is 0 Å². The summed E-state index contributed by atoms with van der Waals surface area (Å²) in [5.74, 6) is 1.31. The molecule has 2 N–H and O–H groups in total. The fourth-order valence-corrected chi connectivity index (χ4v) is 4.57. The van der Waals surface area contributed by atoms with Gasteiger partial charge in [0.25, 0.3) is 0 Å². The number of hydrogen-bond donors (Lipinski definition) is 2. The van der Waals surface area contributed by atoms with Gasteiger partial charge in [-0.05, 0) is 30.9 Å². The number of aromatic amines is 1. The normalized spacial score (nSPS) is 21.1. The Labute approximate surface area is 158 Å². The van der Waals surface area contributed by atoms with E-state index in [2.05, 4.69) is 25.5 Å². The van der Waals surface area contributed by atoms with Crippen molar-refractivity contribution >= 4 is 34.1 Å². The summed E-state index contributed by atoms with van der Waals surface area (Å²) in [4.78, 5) is 12.0. The molecule has 0 aromatic carbocycles. The van der Waals surface area contributed by atoms with Crippen LogP contribution in [0.5, 0.6) is 0 Å². The zero-order chi connectivity index (χ0) is 18.2. The third-order valence-electron chi connectivity index (χ3n) is 5.95. The minimum atomic E-state index is 0.530. The molecule has 7 heterocycles. The number of aromatic nitrogens is 6. The quantitative estimate of drug-likeness (QED) is 0.500. The standard InChI is InChI=1S/C19H16N8O/c1-2-15-14(5-13(1)28-15)23-19-24-18-17(26-8-10-3-12(26)4-10)16(11-6-21-22-7-11)20-9-27(18)25-19/h1-2,5-7,9-10,12H,3-4,8H2,(H,21,22)(H,23,25). The summed E-state index contributed by atoms with van der Waals surface area (Å²) in [6.07, 6.45) is 7.89. The van der Waals surface area contributed by atoms with Gasteiger partial charge in [0.2, 0.25) is 5.95 Å². The van der Waals surface area contributed by atoms with E-state index in [-0.39, 0.29) is 0 Å². The Hall–Kier alpha value is -3.62. The molecule has 1 aliphatic carbocycles. The van der Waals surface area contributed by atoms with Gasteiger partial charge >= 0.3 is 0 Å². The summed E-state index contributed by atoms with van der Waals surface area (Å²) in [5, 5.41) is 14.9. The van der Waals surface area contributed by atoms with Gasteiger partial charge in [0.15, 0.2) is 11.2 Å². The molecule has 8 rings (SSSR count). The van der Waals surface area contributed by atoms with Gasteiger partial charge in [0.05, 0.1) is 11.9 Å². The van der Waals surface area contributed by atoms with Crippen molar-refractivity contribution in [2.75, 3.05) is 16.8 Å². The van der Waals surface area contributed by atoms with Crippen LogP contribution in [0.2, 0.25) is 0 Å². The van der Waals surface area contributed by atoms with Gasteiger partial charge in [-0.25, -0.2) is 4.98 Å². The van der Waals surface area contributed by atoms with E-state index in [1.807, 2.05) is 24.4 Å². The van der Waals surface area contributed by atoms with Crippen molar-refractivity contribution in [3.05, 3.63) is 36.9 Å². The molecule has 5 aromatic heterocycles. The van der Waals surface area contributed by atoms with Gasteiger partial charge in [-0.2, -0.15) is 14.6 Å². The maximum absolute atomic E-state index is 5.60. The molecule has 0 spiro atoms. The van der Waals surface area contributed by atoms with Crippen LogP contribution in [0.3, 0.4) is 0 Å². The summed E-state index contributed by atoms with van der Waals surface area (Å²) in [6.45, 7) is 1.05. The third-order valence-corrected chi connectivity index (χ3v) is 5.95. The molecule has 0 atom stereocenters. The minimum absolute atomic E-state index is 0.530. The molecule has 0 radical (unpaired) electrons. The number of hydrogen-bond acceptors (Lipinski definition) is 7. The molecule has 0 unspecified atom stereocenters. The third kappa shape index (κ3) is 1.90. The molecule has 0 amide bonds.